The van der Waals surface area contributed by atoms with E-state index in [1.807, 2.05) is 0 Å². The highest BCUT2D eigenvalue weighted by molar-refractivity contribution is 5.25. The molecule has 1 heterocycles. The summed E-state index contributed by atoms with van der Waals surface area (Å²) in [6.45, 7) is 10.5. The zero-order valence-corrected chi connectivity index (χ0v) is 12.0. The summed E-state index contributed by atoms with van der Waals surface area (Å²) in [4.78, 5) is 0. The zero-order chi connectivity index (χ0) is 13.2. The van der Waals surface area contributed by atoms with Gasteiger partial charge < -0.3 is 10.1 Å². The lowest BCUT2D eigenvalue weighted by Gasteiger charge is -2.37. The van der Waals surface area contributed by atoms with Crippen molar-refractivity contribution >= 4 is 0 Å². The van der Waals surface area contributed by atoms with Gasteiger partial charge in [0.25, 0.3) is 0 Å². The number of morpholine rings is 1. The van der Waals surface area contributed by atoms with Gasteiger partial charge >= 0.3 is 0 Å². The molecule has 0 bridgehead atoms. The molecule has 0 aliphatic carbocycles. The number of benzene rings is 1. The van der Waals surface area contributed by atoms with Crippen LogP contribution in [0, 0.1) is 0 Å². The molecule has 1 aromatic carbocycles. The van der Waals surface area contributed by atoms with Crippen molar-refractivity contribution in [3.05, 3.63) is 35.4 Å². The van der Waals surface area contributed by atoms with Gasteiger partial charge in [-0.1, -0.05) is 38.1 Å². The topological polar surface area (TPSA) is 21.3 Å². The van der Waals surface area contributed by atoms with Crippen molar-refractivity contribution in [2.45, 2.75) is 51.6 Å². The van der Waals surface area contributed by atoms with Crippen molar-refractivity contribution in [3.8, 4) is 0 Å². The lowest BCUT2D eigenvalue weighted by molar-refractivity contribution is 0.0135. The summed E-state index contributed by atoms with van der Waals surface area (Å²) in [6, 6.07) is 9.42. The Morgan fingerprint density at radius 2 is 1.94 bits per heavy atom. The fourth-order valence-corrected chi connectivity index (χ4v) is 2.53. The molecule has 0 radical (unpaired) electrons. The third-order valence-corrected chi connectivity index (χ3v) is 3.51. The number of ether oxygens (including phenoxy) is 1. The Balaban J connectivity index is 1.97. The van der Waals surface area contributed by atoms with Gasteiger partial charge in [-0.25, -0.2) is 0 Å². The largest absolute Gasteiger partial charge is 0.378 e. The van der Waals surface area contributed by atoms with Crippen LogP contribution >= 0.6 is 0 Å². The molecule has 1 N–H and O–H groups in total. The van der Waals surface area contributed by atoms with Gasteiger partial charge in [-0.15, -0.1) is 0 Å². The van der Waals surface area contributed by atoms with Crippen LogP contribution in [-0.4, -0.2) is 24.8 Å². The maximum absolute atomic E-state index is 5.67. The Kier molecular flexibility index (Phi) is 4.08. The third kappa shape index (κ3) is 3.56. The van der Waals surface area contributed by atoms with E-state index in [2.05, 4.69) is 57.3 Å². The van der Waals surface area contributed by atoms with Crippen LogP contribution in [0.15, 0.2) is 24.3 Å². The SMILES string of the molecule is CC(C)c1ccc(CC2COCC(C)(C)N2)cc1. The molecule has 1 aliphatic heterocycles. The lowest BCUT2D eigenvalue weighted by Crippen LogP contribution is -2.56. The average molecular weight is 247 g/mol. The van der Waals surface area contributed by atoms with Crippen LogP contribution in [0.3, 0.4) is 0 Å². The highest BCUT2D eigenvalue weighted by atomic mass is 16.5. The van der Waals surface area contributed by atoms with Crippen LogP contribution < -0.4 is 5.32 Å². The summed E-state index contributed by atoms with van der Waals surface area (Å²) >= 11 is 0. The van der Waals surface area contributed by atoms with E-state index in [-0.39, 0.29) is 5.54 Å². The number of nitrogens with one attached hydrogen (secondary N) is 1. The second-order valence-corrected chi connectivity index (χ2v) is 6.34. The summed E-state index contributed by atoms with van der Waals surface area (Å²) in [6.07, 6.45) is 1.04. The van der Waals surface area contributed by atoms with Crippen molar-refractivity contribution in [1.29, 1.82) is 0 Å². The number of rotatable bonds is 3. The molecule has 2 heteroatoms. The average Bonchev–Trinajstić information content (AvgIpc) is 2.28. The zero-order valence-electron chi connectivity index (χ0n) is 12.0. The van der Waals surface area contributed by atoms with E-state index < -0.39 is 0 Å². The van der Waals surface area contributed by atoms with Crippen molar-refractivity contribution in [3.63, 3.8) is 0 Å². The van der Waals surface area contributed by atoms with Crippen molar-refractivity contribution in [2.24, 2.45) is 0 Å². The Labute approximate surface area is 111 Å². The molecule has 1 saturated heterocycles. The smallest absolute Gasteiger partial charge is 0.0643 e. The molecular formula is C16H25NO. The molecule has 0 amide bonds. The second kappa shape index (κ2) is 5.41. The van der Waals surface area contributed by atoms with Gasteiger partial charge in [0.15, 0.2) is 0 Å². The van der Waals surface area contributed by atoms with Gasteiger partial charge in [0.1, 0.15) is 0 Å². The Hall–Kier alpha value is -0.860. The molecule has 0 spiro atoms. The Morgan fingerprint density at radius 1 is 1.28 bits per heavy atom. The molecule has 2 nitrogen and oxygen atoms in total. The van der Waals surface area contributed by atoms with Gasteiger partial charge in [0, 0.05) is 11.6 Å². The van der Waals surface area contributed by atoms with E-state index in [0.29, 0.717) is 12.0 Å². The molecule has 1 aliphatic rings. The fourth-order valence-electron chi connectivity index (χ4n) is 2.53. The molecule has 2 rings (SSSR count). The summed E-state index contributed by atoms with van der Waals surface area (Å²) in [7, 11) is 0. The third-order valence-electron chi connectivity index (χ3n) is 3.51. The van der Waals surface area contributed by atoms with Gasteiger partial charge in [0.2, 0.25) is 0 Å². The summed E-state index contributed by atoms with van der Waals surface area (Å²) in [5.74, 6) is 0.606. The van der Waals surface area contributed by atoms with Gasteiger partial charge in [-0.2, -0.15) is 0 Å². The van der Waals surface area contributed by atoms with Crippen molar-refractivity contribution in [1.82, 2.24) is 5.32 Å². The molecule has 0 aromatic heterocycles. The first-order valence-electron chi connectivity index (χ1n) is 6.90. The second-order valence-electron chi connectivity index (χ2n) is 6.34. The monoisotopic (exact) mass is 247 g/mol. The van der Waals surface area contributed by atoms with Crippen molar-refractivity contribution < 1.29 is 4.74 Å². The molecular weight excluding hydrogens is 222 g/mol. The highest BCUT2D eigenvalue weighted by Crippen LogP contribution is 2.17. The minimum absolute atomic E-state index is 0.0980. The first-order valence-corrected chi connectivity index (χ1v) is 6.90. The van der Waals surface area contributed by atoms with Crippen LogP contribution in [0.25, 0.3) is 0 Å². The summed E-state index contributed by atoms with van der Waals surface area (Å²) in [5.41, 5.74) is 2.89. The highest BCUT2D eigenvalue weighted by Gasteiger charge is 2.27. The summed E-state index contributed by atoms with van der Waals surface area (Å²) in [5, 5.41) is 3.65. The predicted molar refractivity (Wildman–Crippen MR) is 76.1 cm³/mol. The van der Waals surface area contributed by atoms with Gasteiger partial charge in [-0.05, 0) is 37.3 Å². The number of hydrogen-bond acceptors (Lipinski definition) is 2. The molecule has 100 valence electrons. The maximum atomic E-state index is 5.67. The van der Waals surface area contributed by atoms with Crippen molar-refractivity contribution in [2.75, 3.05) is 13.2 Å². The fraction of sp³-hybridized carbons (Fsp3) is 0.625. The van der Waals surface area contributed by atoms with E-state index in [4.69, 9.17) is 4.74 Å². The number of hydrogen-bond donors (Lipinski definition) is 1. The minimum Gasteiger partial charge on any atom is -0.378 e. The van der Waals surface area contributed by atoms with E-state index in [1.54, 1.807) is 0 Å². The minimum atomic E-state index is 0.0980. The standard InChI is InChI=1S/C16H25NO/c1-12(2)14-7-5-13(6-8-14)9-15-10-18-11-16(3,4)17-15/h5-8,12,15,17H,9-11H2,1-4H3. The van der Waals surface area contributed by atoms with Gasteiger partial charge in [0.05, 0.1) is 13.2 Å². The molecule has 1 aromatic rings. The normalized spacial score (nSPS) is 23.3. The molecule has 18 heavy (non-hydrogen) atoms. The van der Waals surface area contributed by atoms with E-state index >= 15 is 0 Å². The van der Waals surface area contributed by atoms with Crippen LogP contribution in [0.2, 0.25) is 0 Å². The van der Waals surface area contributed by atoms with E-state index in [1.165, 1.54) is 11.1 Å². The Morgan fingerprint density at radius 3 is 2.50 bits per heavy atom. The molecule has 1 fully saturated rings. The van der Waals surface area contributed by atoms with E-state index in [9.17, 15) is 0 Å². The first kappa shape index (κ1) is 13.6. The van der Waals surface area contributed by atoms with Crippen LogP contribution in [0.5, 0.6) is 0 Å². The lowest BCUT2D eigenvalue weighted by atomic mass is 9.97. The first-order chi connectivity index (χ1) is 8.46. The summed E-state index contributed by atoms with van der Waals surface area (Å²) < 4.78 is 5.67. The van der Waals surface area contributed by atoms with Crippen LogP contribution in [0.4, 0.5) is 0 Å². The maximum Gasteiger partial charge on any atom is 0.0643 e. The van der Waals surface area contributed by atoms with Crippen LogP contribution in [0.1, 0.15) is 44.7 Å². The van der Waals surface area contributed by atoms with E-state index in [0.717, 1.165) is 19.6 Å². The van der Waals surface area contributed by atoms with Gasteiger partial charge in [-0.3, -0.25) is 0 Å². The molecule has 1 atom stereocenters. The quantitative estimate of drug-likeness (QED) is 0.886. The molecule has 0 saturated carbocycles. The predicted octanol–water partition coefficient (Wildman–Crippen LogP) is 3.12. The molecule has 1 unspecified atom stereocenters. The Bertz CT molecular complexity index is 381. The van der Waals surface area contributed by atoms with Crippen LogP contribution in [-0.2, 0) is 11.2 Å².